The fourth-order valence-electron chi connectivity index (χ4n) is 2.34. The van der Waals surface area contributed by atoms with Crippen molar-refractivity contribution in [2.75, 3.05) is 20.8 Å². The van der Waals surface area contributed by atoms with Crippen molar-refractivity contribution in [3.05, 3.63) is 59.2 Å². The van der Waals surface area contributed by atoms with Crippen molar-refractivity contribution in [2.45, 2.75) is 12.7 Å². The Bertz CT molecular complexity index is 886. The van der Waals surface area contributed by atoms with E-state index in [1.807, 2.05) is 0 Å². The van der Waals surface area contributed by atoms with Crippen molar-refractivity contribution in [2.24, 2.45) is 0 Å². The standard InChI is InChI=1S/C20H19F3N2O3/c1-27-17-10-9-14(12-18(17)28-2)13-25-19(26)24-11-5-7-15-6-3-4-8-16(15)20(21,22)23/h3-4,6,8-10,12H,11,13H2,1-2H3,(H2,24,25,26). The maximum Gasteiger partial charge on any atom is 0.417 e. The summed E-state index contributed by atoms with van der Waals surface area (Å²) in [5.41, 5.74) is -0.152. The van der Waals surface area contributed by atoms with E-state index in [9.17, 15) is 18.0 Å². The van der Waals surface area contributed by atoms with E-state index in [1.54, 1.807) is 18.2 Å². The zero-order valence-corrected chi connectivity index (χ0v) is 15.3. The van der Waals surface area contributed by atoms with Gasteiger partial charge >= 0.3 is 12.2 Å². The zero-order valence-electron chi connectivity index (χ0n) is 15.3. The van der Waals surface area contributed by atoms with Gasteiger partial charge in [0.25, 0.3) is 0 Å². The van der Waals surface area contributed by atoms with Gasteiger partial charge in [0.2, 0.25) is 0 Å². The van der Waals surface area contributed by atoms with Crippen LogP contribution in [0.15, 0.2) is 42.5 Å². The second-order valence-corrected chi connectivity index (χ2v) is 5.57. The molecule has 0 bridgehead atoms. The summed E-state index contributed by atoms with van der Waals surface area (Å²) >= 11 is 0. The highest BCUT2D eigenvalue weighted by Gasteiger charge is 2.32. The predicted octanol–water partition coefficient (Wildman–Crippen LogP) is 3.57. The molecule has 8 heteroatoms. The highest BCUT2D eigenvalue weighted by Crippen LogP contribution is 2.31. The van der Waals surface area contributed by atoms with E-state index in [-0.39, 0.29) is 18.7 Å². The molecule has 0 heterocycles. The topological polar surface area (TPSA) is 59.6 Å². The highest BCUT2D eigenvalue weighted by atomic mass is 19.4. The molecule has 148 valence electrons. The first-order valence-electron chi connectivity index (χ1n) is 8.23. The van der Waals surface area contributed by atoms with Gasteiger partial charge in [-0.15, -0.1) is 0 Å². The van der Waals surface area contributed by atoms with Gasteiger partial charge < -0.3 is 20.1 Å². The maximum absolute atomic E-state index is 12.9. The normalized spacial score (nSPS) is 10.5. The van der Waals surface area contributed by atoms with Gasteiger partial charge in [0, 0.05) is 12.1 Å². The van der Waals surface area contributed by atoms with E-state index in [0.29, 0.717) is 11.5 Å². The Balaban J connectivity index is 1.87. The Labute approximate surface area is 160 Å². The number of methoxy groups -OCH3 is 2. The van der Waals surface area contributed by atoms with Gasteiger partial charge in [-0.3, -0.25) is 0 Å². The second kappa shape index (κ2) is 9.55. The molecule has 0 saturated heterocycles. The third-order valence-corrected chi connectivity index (χ3v) is 3.69. The van der Waals surface area contributed by atoms with Crippen LogP contribution in [0.5, 0.6) is 11.5 Å². The smallest absolute Gasteiger partial charge is 0.417 e. The summed E-state index contributed by atoms with van der Waals surface area (Å²) in [6.07, 6.45) is -4.48. The predicted molar refractivity (Wildman–Crippen MR) is 98.1 cm³/mol. The van der Waals surface area contributed by atoms with E-state index in [4.69, 9.17) is 9.47 Å². The minimum Gasteiger partial charge on any atom is -0.493 e. The van der Waals surface area contributed by atoms with Crippen molar-refractivity contribution in [1.82, 2.24) is 10.6 Å². The van der Waals surface area contributed by atoms with Crippen molar-refractivity contribution >= 4 is 6.03 Å². The molecule has 0 radical (unpaired) electrons. The van der Waals surface area contributed by atoms with E-state index in [2.05, 4.69) is 22.5 Å². The molecule has 2 aromatic carbocycles. The lowest BCUT2D eigenvalue weighted by atomic mass is 10.1. The first-order chi connectivity index (χ1) is 13.3. The molecule has 0 aliphatic rings. The molecule has 0 saturated carbocycles. The largest absolute Gasteiger partial charge is 0.493 e. The third-order valence-electron chi connectivity index (χ3n) is 3.69. The summed E-state index contributed by atoms with van der Waals surface area (Å²) in [6.45, 7) is 0.139. The first kappa shape index (κ1) is 21.0. The lowest BCUT2D eigenvalue weighted by Crippen LogP contribution is -2.35. The summed E-state index contributed by atoms with van der Waals surface area (Å²) in [7, 11) is 3.04. The number of hydrogen-bond donors (Lipinski definition) is 2. The van der Waals surface area contributed by atoms with Gasteiger partial charge in [-0.05, 0) is 29.8 Å². The van der Waals surface area contributed by atoms with Crippen LogP contribution >= 0.6 is 0 Å². The molecule has 0 spiro atoms. The zero-order chi connectivity index (χ0) is 20.6. The molecule has 0 fully saturated rings. The molecular weight excluding hydrogens is 373 g/mol. The number of ether oxygens (including phenoxy) is 2. The molecule has 2 aromatic rings. The van der Waals surface area contributed by atoms with Crippen LogP contribution in [0.4, 0.5) is 18.0 Å². The molecular formula is C20H19F3N2O3. The number of carbonyl (C=O) groups is 1. The monoisotopic (exact) mass is 392 g/mol. The number of halogens is 3. The summed E-state index contributed by atoms with van der Waals surface area (Å²) in [6, 6.07) is 9.75. The number of benzene rings is 2. The third kappa shape index (κ3) is 5.84. The molecule has 0 aliphatic heterocycles. The Morgan fingerprint density at radius 1 is 1.04 bits per heavy atom. The second-order valence-electron chi connectivity index (χ2n) is 5.57. The highest BCUT2D eigenvalue weighted by molar-refractivity contribution is 5.74. The van der Waals surface area contributed by atoms with Crippen LogP contribution < -0.4 is 20.1 Å². The number of amides is 2. The summed E-state index contributed by atoms with van der Waals surface area (Å²) in [5, 5.41) is 5.10. The van der Waals surface area contributed by atoms with Crippen LogP contribution in [0.3, 0.4) is 0 Å². The van der Waals surface area contributed by atoms with Gasteiger partial charge in [-0.25, -0.2) is 4.79 Å². The summed E-state index contributed by atoms with van der Waals surface area (Å²) in [5.74, 6) is 6.06. The van der Waals surface area contributed by atoms with E-state index >= 15 is 0 Å². The number of carbonyl (C=O) groups excluding carboxylic acids is 1. The van der Waals surface area contributed by atoms with Crippen LogP contribution in [0.25, 0.3) is 0 Å². The number of hydrogen-bond acceptors (Lipinski definition) is 3. The number of rotatable bonds is 5. The van der Waals surface area contributed by atoms with Gasteiger partial charge in [0.05, 0.1) is 26.3 Å². The minimum absolute atomic E-state index is 0.0933. The van der Waals surface area contributed by atoms with E-state index in [0.717, 1.165) is 11.6 Å². The molecule has 0 unspecified atom stereocenters. The van der Waals surface area contributed by atoms with Crippen LogP contribution in [0, 0.1) is 11.8 Å². The van der Waals surface area contributed by atoms with Gasteiger partial charge in [-0.2, -0.15) is 13.2 Å². The number of alkyl halides is 3. The average molecular weight is 392 g/mol. The van der Waals surface area contributed by atoms with E-state index in [1.165, 1.54) is 32.4 Å². The first-order valence-corrected chi connectivity index (χ1v) is 8.23. The lowest BCUT2D eigenvalue weighted by molar-refractivity contribution is -0.137. The van der Waals surface area contributed by atoms with Crippen LogP contribution in [-0.2, 0) is 12.7 Å². The van der Waals surface area contributed by atoms with Crippen LogP contribution in [-0.4, -0.2) is 26.8 Å². The van der Waals surface area contributed by atoms with Crippen molar-refractivity contribution in [1.29, 1.82) is 0 Å². The number of nitrogens with one attached hydrogen (secondary N) is 2. The van der Waals surface area contributed by atoms with Gasteiger partial charge in [0.15, 0.2) is 11.5 Å². The Hall–Kier alpha value is -3.34. The van der Waals surface area contributed by atoms with Crippen LogP contribution in [0.1, 0.15) is 16.7 Å². The van der Waals surface area contributed by atoms with Gasteiger partial charge in [-0.1, -0.05) is 30.0 Å². The van der Waals surface area contributed by atoms with Crippen molar-refractivity contribution in [3.8, 4) is 23.3 Å². The fourth-order valence-corrected chi connectivity index (χ4v) is 2.34. The Kier molecular flexibility index (Phi) is 7.15. The van der Waals surface area contributed by atoms with Crippen molar-refractivity contribution in [3.63, 3.8) is 0 Å². The SMILES string of the molecule is COc1ccc(CNC(=O)NCC#Cc2ccccc2C(F)(F)F)cc1OC. The molecule has 0 aliphatic carbocycles. The molecule has 2 rings (SSSR count). The average Bonchev–Trinajstić information content (AvgIpc) is 2.69. The molecule has 5 nitrogen and oxygen atoms in total. The molecule has 2 N–H and O–H groups in total. The summed E-state index contributed by atoms with van der Waals surface area (Å²) in [4.78, 5) is 11.8. The molecule has 28 heavy (non-hydrogen) atoms. The Morgan fingerprint density at radius 3 is 2.43 bits per heavy atom. The lowest BCUT2D eigenvalue weighted by Gasteiger charge is -2.10. The molecule has 2 amide bonds. The molecule has 0 aromatic heterocycles. The number of urea groups is 1. The fraction of sp³-hybridized carbons (Fsp3) is 0.250. The van der Waals surface area contributed by atoms with Gasteiger partial charge in [0.1, 0.15) is 0 Å². The minimum atomic E-state index is -4.48. The van der Waals surface area contributed by atoms with Crippen LogP contribution in [0.2, 0.25) is 0 Å². The summed E-state index contributed by atoms with van der Waals surface area (Å²) < 4.78 is 49.0. The quantitative estimate of drug-likeness (QED) is 0.765. The molecule has 0 atom stereocenters. The van der Waals surface area contributed by atoms with Crippen molar-refractivity contribution < 1.29 is 27.4 Å². The van der Waals surface area contributed by atoms with E-state index < -0.39 is 17.8 Å². The maximum atomic E-state index is 12.9. The Morgan fingerprint density at radius 2 is 1.75 bits per heavy atom.